The molecule has 0 aromatic carbocycles. The molecular weight excluding hydrogens is 312 g/mol. The molecule has 2 aromatic heterocycles. The van der Waals surface area contributed by atoms with E-state index < -0.39 is 0 Å². The largest absolute Gasteiger partial charge is 0.459 e. The molecule has 0 bridgehead atoms. The van der Waals surface area contributed by atoms with Crippen LogP contribution in [0.4, 0.5) is 5.00 Å². The fraction of sp³-hybridized carbons (Fsp3) is 0.412. The Bertz CT molecular complexity index is 731. The highest BCUT2D eigenvalue weighted by atomic mass is 32.1. The molecule has 0 radical (unpaired) electrons. The van der Waals surface area contributed by atoms with E-state index in [9.17, 15) is 9.59 Å². The summed E-state index contributed by atoms with van der Waals surface area (Å²) < 4.78 is 5.13. The maximum absolute atomic E-state index is 12.6. The molecule has 1 aliphatic rings. The third-order valence-electron chi connectivity index (χ3n) is 4.10. The molecule has 2 heterocycles. The van der Waals surface area contributed by atoms with Gasteiger partial charge in [0.15, 0.2) is 5.76 Å². The van der Waals surface area contributed by atoms with Crippen molar-refractivity contribution >= 4 is 28.2 Å². The second kappa shape index (κ2) is 6.20. The molecule has 2 amide bonds. The van der Waals surface area contributed by atoms with Gasteiger partial charge in [-0.3, -0.25) is 9.59 Å². The predicted octanol–water partition coefficient (Wildman–Crippen LogP) is 3.42. The molecule has 0 fully saturated rings. The summed E-state index contributed by atoms with van der Waals surface area (Å²) in [4.78, 5) is 27.6. The molecule has 0 saturated carbocycles. The van der Waals surface area contributed by atoms with Crippen LogP contribution in [-0.2, 0) is 12.8 Å². The average molecular weight is 332 g/mol. The van der Waals surface area contributed by atoms with Crippen molar-refractivity contribution in [3.8, 4) is 0 Å². The molecule has 23 heavy (non-hydrogen) atoms. The Morgan fingerprint density at radius 2 is 2.17 bits per heavy atom. The topological polar surface area (TPSA) is 62.6 Å². The first kappa shape index (κ1) is 15.8. The minimum Gasteiger partial charge on any atom is -0.459 e. The first-order chi connectivity index (χ1) is 11.0. The molecule has 6 heteroatoms. The molecule has 5 nitrogen and oxygen atoms in total. The van der Waals surface area contributed by atoms with Crippen molar-refractivity contribution < 1.29 is 14.0 Å². The lowest BCUT2D eigenvalue weighted by atomic mass is 9.88. The van der Waals surface area contributed by atoms with Gasteiger partial charge in [0.05, 0.1) is 11.8 Å². The van der Waals surface area contributed by atoms with Gasteiger partial charge >= 0.3 is 0 Å². The number of anilines is 1. The second-order valence-corrected chi connectivity index (χ2v) is 7.29. The summed E-state index contributed by atoms with van der Waals surface area (Å²) in [5.74, 6) is 0.464. The molecule has 1 atom stereocenters. The summed E-state index contributed by atoms with van der Waals surface area (Å²) >= 11 is 1.52. The zero-order valence-corrected chi connectivity index (χ0v) is 14.3. The lowest BCUT2D eigenvalue weighted by molar-refractivity contribution is 0.0827. The van der Waals surface area contributed by atoms with Crippen LogP contribution in [0.25, 0.3) is 0 Å². The number of carbonyl (C=O) groups is 2. The summed E-state index contributed by atoms with van der Waals surface area (Å²) in [6.45, 7) is 2.22. The van der Waals surface area contributed by atoms with Crippen LogP contribution in [0, 0.1) is 5.92 Å². The quantitative estimate of drug-likeness (QED) is 0.937. The number of thiophene rings is 1. The summed E-state index contributed by atoms with van der Waals surface area (Å²) in [5, 5.41) is 3.49. The second-order valence-electron chi connectivity index (χ2n) is 6.19. The van der Waals surface area contributed by atoms with Crippen molar-refractivity contribution in [3.63, 3.8) is 0 Å². The van der Waals surface area contributed by atoms with Crippen molar-refractivity contribution in [1.82, 2.24) is 4.90 Å². The van der Waals surface area contributed by atoms with E-state index in [0.717, 1.165) is 24.8 Å². The fourth-order valence-electron chi connectivity index (χ4n) is 2.86. The number of hydrogen-bond acceptors (Lipinski definition) is 4. The first-order valence-corrected chi connectivity index (χ1v) is 8.50. The lowest BCUT2D eigenvalue weighted by Gasteiger charge is -2.19. The number of nitrogens with zero attached hydrogens (tertiary/aromatic N) is 1. The van der Waals surface area contributed by atoms with Crippen LogP contribution in [0.15, 0.2) is 22.8 Å². The highest BCUT2D eigenvalue weighted by Crippen LogP contribution is 2.40. The third-order valence-corrected chi connectivity index (χ3v) is 5.27. The maximum Gasteiger partial charge on any atom is 0.291 e. The Labute approximate surface area is 139 Å². The van der Waals surface area contributed by atoms with E-state index in [1.165, 1.54) is 22.5 Å². The van der Waals surface area contributed by atoms with Gasteiger partial charge in [0.1, 0.15) is 5.00 Å². The van der Waals surface area contributed by atoms with Crippen molar-refractivity contribution in [2.24, 2.45) is 5.92 Å². The van der Waals surface area contributed by atoms with Gasteiger partial charge in [-0.25, -0.2) is 0 Å². The standard InChI is InChI=1S/C17H20N2O3S/c1-10-6-7-11-13(9-10)23-16(14(11)17(21)19(2)3)18-15(20)12-5-4-8-22-12/h4-5,8,10H,6-7,9H2,1-3H3,(H,18,20). The summed E-state index contributed by atoms with van der Waals surface area (Å²) in [7, 11) is 3.46. The maximum atomic E-state index is 12.6. The Balaban J connectivity index is 1.98. The van der Waals surface area contributed by atoms with Crippen LogP contribution < -0.4 is 5.32 Å². The summed E-state index contributed by atoms with van der Waals surface area (Å²) in [6.07, 6.45) is 4.38. The number of fused-ring (bicyclic) bond motifs is 1. The third kappa shape index (κ3) is 3.03. The van der Waals surface area contributed by atoms with Crippen LogP contribution >= 0.6 is 11.3 Å². The van der Waals surface area contributed by atoms with E-state index in [-0.39, 0.29) is 17.6 Å². The molecular formula is C17H20N2O3S. The molecule has 3 rings (SSSR count). The normalized spacial score (nSPS) is 16.7. The van der Waals surface area contributed by atoms with Gasteiger partial charge in [-0.1, -0.05) is 6.92 Å². The van der Waals surface area contributed by atoms with Crippen molar-refractivity contribution in [3.05, 3.63) is 40.2 Å². The van der Waals surface area contributed by atoms with E-state index in [1.54, 1.807) is 31.1 Å². The van der Waals surface area contributed by atoms with Gasteiger partial charge < -0.3 is 14.6 Å². The van der Waals surface area contributed by atoms with E-state index in [2.05, 4.69) is 12.2 Å². The van der Waals surface area contributed by atoms with Gasteiger partial charge in [0.2, 0.25) is 0 Å². The molecule has 2 aromatic rings. The zero-order valence-electron chi connectivity index (χ0n) is 13.5. The molecule has 1 N–H and O–H groups in total. The number of rotatable bonds is 3. The zero-order chi connectivity index (χ0) is 16.6. The SMILES string of the molecule is CC1CCc2c(sc(NC(=O)c3ccco3)c2C(=O)N(C)C)C1. The van der Waals surface area contributed by atoms with Crippen LogP contribution in [0.1, 0.15) is 44.7 Å². The Morgan fingerprint density at radius 1 is 1.39 bits per heavy atom. The molecule has 122 valence electrons. The highest BCUT2D eigenvalue weighted by molar-refractivity contribution is 7.17. The Kier molecular flexibility index (Phi) is 4.26. The molecule has 1 aliphatic carbocycles. The summed E-state index contributed by atoms with van der Waals surface area (Å²) in [5.41, 5.74) is 1.74. The highest BCUT2D eigenvalue weighted by Gasteiger charge is 2.29. The van der Waals surface area contributed by atoms with E-state index in [0.29, 0.717) is 16.5 Å². The van der Waals surface area contributed by atoms with Crippen molar-refractivity contribution in [2.75, 3.05) is 19.4 Å². The monoisotopic (exact) mass is 332 g/mol. The van der Waals surface area contributed by atoms with Gasteiger partial charge in [-0.2, -0.15) is 0 Å². The number of hydrogen-bond donors (Lipinski definition) is 1. The fourth-order valence-corrected chi connectivity index (χ4v) is 4.26. The number of furan rings is 1. The van der Waals surface area contributed by atoms with Crippen LogP contribution in [0.2, 0.25) is 0 Å². The van der Waals surface area contributed by atoms with Gasteiger partial charge in [-0.15, -0.1) is 11.3 Å². The minimum atomic E-state index is -0.325. The Morgan fingerprint density at radius 3 is 2.83 bits per heavy atom. The smallest absolute Gasteiger partial charge is 0.291 e. The first-order valence-electron chi connectivity index (χ1n) is 7.68. The van der Waals surface area contributed by atoms with Gasteiger partial charge in [0, 0.05) is 19.0 Å². The van der Waals surface area contributed by atoms with Crippen molar-refractivity contribution in [1.29, 1.82) is 0 Å². The van der Waals surface area contributed by atoms with Crippen LogP contribution in [-0.4, -0.2) is 30.8 Å². The van der Waals surface area contributed by atoms with E-state index in [1.807, 2.05) is 0 Å². The number of carbonyl (C=O) groups excluding carboxylic acids is 2. The van der Waals surface area contributed by atoms with Crippen LogP contribution in [0.3, 0.4) is 0 Å². The predicted molar refractivity (Wildman–Crippen MR) is 90.2 cm³/mol. The summed E-state index contributed by atoms with van der Waals surface area (Å²) in [6, 6.07) is 3.28. The molecule has 1 unspecified atom stereocenters. The van der Waals surface area contributed by atoms with E-state index in [4.69, 9.17) is 4.42 Å². The molecule has 0 spiro atoms. The Hall–Kier alpha value is -2.08. The minimum absolute atomic E-state index is 0.0632. The molecule has 0 aliphatic heterocycles. The van der Waals surface area contributed by atoms with Crippen LogP contribution in [0.5, 0.6) is 0 Å². The number of nitrogens with one attached hydrogen (secondary N) is 1. The lowest BCUT2D eigenvalue weighted by Crippen LogP contribution is -2.25. The van der Waals surface area contributed by atoms with E-state index >= 15 is 0 Å². The van der Waals surface area contributed by atoms with Gasteiger partial charge in [0.25, 0.3) is 11.8 Å². The average Bonchev–Trinajstić information content (AvgIpc) is 3.13. The number of amides is 2. The van der Waals surface area contributed by atoms with Crippen molar-refractivity contribution in [2.45, 2.75) is 26.2 Å². The molecule has 0 saturated heterocycles. The van der Waals surface area contributed by atoms with Gasteiger partial charge in [-0.05, 0) is 42.9 Å².